The summed E-state index contributed by atoms with van der Waals surface area (Å²) in [6, 6.07) is 37.6. The van der Waals surface area contributed by atoms with E-state index in [0.29, 0.717) is 59.0 Å². The van der Waals surface area contributed by atoms with Gasteiger partial charge in [0.1, 0.15) is 18.3 Å². The molecule has 0 saturated heterocycles. The summed E-state index contributed by atoms with van der Waals surface area (Å²) in [6.45, 7) is 12.2. The molecule has 0 heterocycles. The number of carboxylic acids is 1. The predicted molar refractivity (Wildman–Crippen MR) is 299 cm³/mol. The molecule has 0 spiro atoms. The summed E-state index contributed by atoms with van der Waals surface area (Å²) in [5, 5.41) is 19.1. The number of hydrogen-bond acceptors (Lipinski definition) is 12. The Bertz CT molecular complexity index is 2860. The zero-order chi connectivity index (χ0) is 56.6. The molecule has 0 aliphatic carbocycles. The van der Waals surface area contributed by atoms with Crippen molar-refractivity contribution in [3.05, 3.63) is 209 Å². The number of esters is 2. The molecule has 0 aromatic heterocycles. The van der Waals surface area contributed by atoms with E-state index in [0.717, 1.165) is 50.1 Å². The molecule has 6 aromatic carbocycles. The average Bonchev–Trinajstić information content (AvgIpc) is 3.41. The summed E-state index contributed by atoms with van der Waals surface area (Å²) in [5.41, 5.74) is 8.95. The van der Waals surface area contributed by atoms with Crippen molar-refractivity contribution in [3.63, 3.8) is 0 Å². The Morgan fingerprint density at radius 3 is 0.987 bits per heavy atom. The van der Waals surface area contributed by atoms with Crippen molar-refractivity contribution >= 4 is 70.4 Å². The van der Waals surface area contributed by atoms with Gasteiger partial charge >= 0.3 is 47.5 Å². The Kier molecular flexibility index (Phi) is 31.0. The summed E-state index contributed by atoms with van der Waals surface area (Å²) < 4.78 is 27.7. The van der Waals surface area contributed by atoms with Gasteiger partial charge in [0.05, 0.1) is 50.7 Å². The minimum absolute atomic E-state index is 0. The Morgan fingerprint density at radius 2 is 0.734 bits per heavy atom. The number of amides is 3. The predicted octanol–water partition coefficient (Wildman–Crippen LogP) is 7.77. The fourth-order valence-electron chi connectivity index (χ4n) is 7.71. The van der Waals surface area contributed by atoms with E-state index in [1.54, 1.807) is 66.7 Å². The fraction of sp³-hybridized carbons (Fsp3) is 0.288. The molecule has 79 heavy (non-hydrogen) atoms. The minimum atomic E-state index is -0.996. The van der Waals surface area contributed by atoms with Gasteiger partial charge in [0, 0.05) is 55.5 Å². The molecule has 0 saturated carbocycles. The molecule has 3 amide bonds. The molecule has 0 fully saturated rings. The van der Waals surface area contributed by atoms with Crippen molar-refractivity contribution < 1.29 is 92.6 Å². The number of ether oxygens (including phenoxy) is 5. The molecule has 0 aliphatic heterocycles. The third kappa shape index (κ3) is 22.9. The average molecular weight is 1150 g/mol. The summed E-state index contributed by atoms with van der Waals surface area (Å²) in [5.74, 6) is -2.17. The van der Waals surface area contributed by atoms with E-state index < -0.39 is 36.2 Å². The van der Waals surface area contributed by atoms with Crippen molar-refractivity contribution in [3.8, 4) is 0 Å². The second-order valence-electron chi connectivity index (χ2n) is 17.4. The SMILES string of the molecule is CC(=O)NCCO[C@@H](c1cccc(Cl)c1)c1cc(C(=O)O)ccc1C.COC(=O)c1ccc(C)c(C(OCCNC(C)=O)c2cccc(Cl)c2)c1.COC(=O)c1ccc(C)c([C@@H](OCCNC(C)=O)c2cccc(Cl)c2)c1.[Na+].[OH-]. The topological polar surface area (TPSA) is 235 Å². The van der Waals surface area contributed by atoms with Gasteiger partial charge in [0.2, 0.25) is 17.7 Å². The van der Waals surface area contributed by atoms with Gasteiger partial charge in [0.25, 0.3) is 0 Å². The van der Waals surface area contributed by atoms with Gasteiger partial charge in [-0.2, -0.15) is 0 Å². The molecule has 0 bridgehead atoms. The number of rotatable bonds is 21. The molecular formula is C59H65Cl3N3NaO13. The number of hydrogen-bond donors (Lipinski definition) is 4. The summed E-state index contributed by atoms with van der Waals surface area (Å²) in [4.78, 5) is 68.2. The van der Waals surface area contributed by atoms with E-state index in [9.17, 15) is 33.9 Å². The van der Waals surface area contributed by atoms with Crippen LogP contribution in [0.5, 0.6) is 0 Å². The van der Waals surface area contributed by atoms with Crippen molar-refractivity contribution in [1.29, 1.82) is 0 Å². The molecular weight excluding hydrogens is 1090 g/mol. The van der Waals surface area contributed by atoms with Crippen LogP contribution in [0.2, 0.25) is 15.1 Å². The quantitative estimate of drug-likeness (QED) is 0.0307. The van der Waals surface area contributed by atoms with Gasteiger partial charge in [-0.15, -0.1) is 0 Å². The molecule has 3 atom stereocenters. The number of halogens is 3. The Morgan fingerprint density at radius 1 is 0.456 bits per heavy atom. The molecule has 1 unspecified atom stereocenters. The van der Waals surface area contributed by atoms with Crippen LogP contribution >= 0.6 is 34.8 Å². The number of methoxy groups -OCH3 is 2. The van der Waals surface area contributed by atoms with E-state index in [-0.39, 0.29) is 64.9 Å². The monoisotopic (exact) mass is 1150 g/mol. The maximum atomic E-state index is 11.9. The molecule has 16 nitrogen and oxygen atoms in total. The second-order valence-corrected chi connectivity index (χ2v) is 18.7. The van der Waals surface area contributed by atoms with Crippen LogP contribution in [0.4, 0.5) is 0 Å². The first-order chi connectivity index (χ1) is 36.7. The smallest absolute Gasteiger partial charge is 0.870 e. The standard InChI is InChI=1S/2C20H22ClNO4.C19H20ClNO4.Na.H2O/c2*1-13-7-8-16(20(24)25-3)12-18(13)19(26-10-9-22-14(2)23)15-5-4-6-17(21)11-15;1-12-6-7-15(19(23)24)11-17(12)18(25-9-8-21-13(2)22)14-4-3-5-16(20)10-14;;/h2*4-8,11-12,19H,9-10H2,1-3H3,(H,22,23);3-7,10-11,18H,8-9H2,1-2H3,(H,21,22)(H,23,24);;1H2/q;;;+1;/p-1/t19-;;18-;;/m0.0../s1. The maximum absolute atomic E-state index is 11.9. The van der Waals surface area contributed by atoms with E-state index in [1.165, 1.54) is 35.0 Å². The zero-order valence-electron chi connectivity index (χ0n) is 45.6. The first-order valence-corrected chi connectivity index (χ1v) is 25.4. The molecule has 416 valence electrons. The van der Waals surface area contributed by atoms with E-state index in [1.807, 2.05) is 81.4 Å². The van der Waals surface area contributed by atoms with Gasteiger partial charge in [-0.05, 0) is 144 Å². The second kappa shape index (κ2) is 35.5. The molecule has 0 radical (unpaired) electrons. The summed E-state index contributed by atoms with van der Waals surface area (Å²) in [7, 11) is 2.69. The van der Waals surface area contributed by atoms with Crippen LogP contribution in [0.15, 0.2) is 127 Å². The number of aryl methyl sites for hydroxylation is 3. The van der Waals surface area contributed by atoms with Crippen molar-refractivity contribution in [2.75, 3.05) is 53.7 Å². The van der Waals surface area contributed by atoms with Crippen LogP contribution in [0, 0.1) is 20.8 Å². The minimum Gasteiger partial charge on any atom is -0.870 e. The van der Waals surface area contributed by atoms with Gasteiger partial charge in [-0.3, -0.25) is 14.4 Å². The number of aromatic carboxylic acids is 1. The Hall–Kier alpha value is -6.15. The van der Waals surface area contributed by atoms with Crippen LogP contribution in [-0.4, -0.2) is 99.9 Å². The molecule has 0 aliphatic rings. The molecule has 5 N–H and O–H groups in total. The largest absolute Gasteiger partial charge is 1.00 e. The third-order valence-electron chi connectivity index (χ3n) is 11.5. The van der Waals surface area contributed by atoms with Gasteiger partial charge in [-0.25, -0.2) is 14.4 Å². The van der Waals surface area contributed by atoms with Crippen LogP contribution in [0.25, 0.3) is 0 Å². The van der Waals surface area contributed by atoms with Crippen LogP contribution in [-0.2, 0) is 38.1 Å². The first kappa shape index (κ1) is 69.0. The molecule has 6 rings (SSSR count). The van der Waals surface area contributed by atoms with Crippen molar-refractivity contribution in [1.82, 2.24) is 16.0 Å². The van der Waals surface area contributed by atoms with Gasteiger partial charge < -0.3 is 50.2 Å². The zero-order valence-corrected chi connectivity index (χ0v) is 49.9. The molecule has 6 aromatic rings. The van der Waals surface area contributed by atoms with Gasteiger partial charge in [-0.1, -0.05) is 89.4 Å². The number of carboxylic acid groups (broad SMARTS) is 1. The van der Waals surface area contributed by atoms with Crippen molar-refractivity contribution in [2.45, 2.75) is 59.9 Å². The Balaban J connectivity index is 0.000000400. The van der Waals surface area contributed by atoms with Crippen LogP contribution in [0.1, 0.15) is 120 Å². The van der Waals surface area contributed by atoms with E-state index in [2.05, 4.69) is 16.0 Å². The third-order valence-corrected chi connectivity index (χ3v) is 12.2. The Labute approximate surface area is 498 Å². The van der Waals surface area contributed by atoms with Crippen molar-refractivity contribution in [2.24, 2.45) is 0 Å². The van der Waals surface area contributed by atoms with Gasteiger partial charge in [0.15, 0.2) is 0 Å². The van der Waals surface area contributed by atoms with Crippen LogP contribution < -0.4 is 45.5 Å². The van der Waals surface area contributed by atoms with E-state index >= 15 is 0 Å². The molecule has 20 heteroatoms. The summed E-state index contributed by atoms with van der Waals surface area (Å²) in [6.07, 6.45) is -1.33. The normalized spacial score (nSPS) is 11.4. The van der Waals surface area contributed by atoms with E-state index in [4.69, 9.17) is 58.5 Å². The number of benzene rings is 6. The maximum Gasteiger partial charge on any atom is 1.00 e. The number of carbonyl (C=O) groups is 6. The number of nitrogens with one attached hydrogen (secondary N) is 3. The number of carbonyl (C=O) groups excluding carboxylic acids is 5. The first-order valence-electron chi connectivity index (χ1n) is 24.3. The fourth-order valence-corrected chi connectivity index (χ4v) is 8.30. The van der Waals surface area contributed by atoms with Crippen LogP contribution in [0.3, 0.4) is 0 Å². The summed E-state index contributed by atoms with van der Waals surface area (Å²) >= 11 is 18.4.